The number of rotatable bonds is 0. The molecule has 0 aromatic carbocycles. The van der Waals surface area contributed by atoms with Crippen molar-refractivity contribution in [3.8, 4) is 0 Å². The highest BCUT2D eigenvalue weighted by Crippen LogP contribution is 1.45. The van der Waals surface area contributed by atoms with Gasteiger partial charge in [0.2, 0.25) is 0 Å². The van der Waals surface area contributed by atoms with Gasteiger partial charge in [-0.25, -0.2) is 0 Å². The first kappa shape index (κ1) is 4.11. The van der Waals surface area contributed by atoms with Crippen molar-refractivity contribution in [3.63, 3.8) is 0 Å². The summed E-state index contributed by atoms with van der Waals surface area (Å²) >= 11 is -1.86. The average molecular weight is 80.1 g/mol. The second kappa shape index (κ2) is 1.43. The monoisotopic (exact) mass is 80.0 g/mol. The summed E-state index contributed by atoms with van der Waals surface area (Å²) in [5.41, 5.74) is 0. The molecule has 3 heteroatoms. The summed E-state index contributed by atoms with van der Waals surface area (Å²) in [6, 6.07) is 0. The fraction of sp³-hybridized carbons (Fsp3) is 1.00. The largest absolute Gasteiger partial charge is 0.773 e. The van der Waals surface area contributed by atoms with Crippen LogP contribution in [-0.4, -0.2) is 15.0 Å². The van der Waals surface area contributed by atoms with E-state index in [0.717, 1.165) is 6.26 Å². The highest BCUT2D eigenvalue weighted by molar-refractivity contribution is 7.78. The van der Waals surface area contributed by atoms with Crippen LogP contribution >= 0.6 is 0 Å². The first-order valence-corrected chi connectivity index (χ1v) is 2.22. The molecular weight excluding hydrogens is 77.1 g/mol. The fourth-order valence-electron chi connectivity index (χ4n) is 0. The van der Waals surface area contributed by atoms with E-state index in [9.17, 15) is 0 Å². The molecule has 1 unspecified atom stereocenters. The van der Waals surface area contributed by atoms with Crippen molar-refractivity contribution in [2.24, 2.45) is 0 Å². The Hall–Kier alpha value is 0.110. The molecule has 0 N–H and O–H groups in total. The lowest BCUT2D eigenvalue weighted by molar-refractivity contribution is 0.543. The summed E-state index contributed by atoms with van der Waals surface area (Å²) in [5.74, 6) is 0. The molecule has 26 valence electrons. The van der Waals surface area contributed by atoms with E-state index in [4.69, 9.17) is 8.76 Å². The first-order valence-electron chi connectivity index (χ1n) is 0.742. The zero-order chi connectivity index (χ0) is 3.58. The van der Waals surface area contributed by atoms with Crippen LogP contribution in [0.2, 0.25) is 0 Å². The number of hydrogen-bond donors (Lipinski definition) is 0. The third kappa shape index (κ3) is 215. The minimum atomic E-state index is -1.86. The molecule has 0 spiro atoms. The average Bonchev–Trinajstić information content (AvgIpc) is 0.811. The Balaban J connectivity index is 2.80. The van der Waals surface area contributed by atoms with Gasteiger partial charge < -0.3 is 4.55 Å². The minimum Gasteiger partial charge on any atom is -0.773 e. The summed E-state index contributed by atoms with van der Waals surface area (Å²) < 4.78 is 18.0. The van der Waals surface area contributed by atoms with Crippen molar-refractivity contribution in [2.75, 3.05) is 6.26 Å². The van der Waals surface area contributed by atoms with E-state index in [1.807, 2.05) is 0 Å². The molecule has 0 fully saturated rings. The number of hydrogen-bond acceptors (Lipinski definition) is 2. The molecule has 0 aromatic rings. The second-order valence-electron chi connectivity index (χ2n) is 0.401. The molecule has 0 amide bonds. The van der Waals surface area contributed by atoms with Crippen molar-refractivity contribution >= 4 is 11.1 Å². The van der Waals surface area contributed by atoms with Gasteiger partial charge in [-0.1, -0.05) is 11.1 Å². The first-order chi connectivity index (χ1) is 1.73. The molecule has 0 radical (unpaired) electrons. The Morgan fingerprint density at radius 3 is 2.00 bits per heavy atom. The zero-order valence-electron chi connectivity index (χ0n) is 2.22. The molecule has 0 bridgehead atoms. The van der Waals surface area contributed by atoms with Gasteiger partial charge in [-0.15, -0.1) is 0 Å². The van der Waals surface area contributed by atoms with Gasteiger partial charge in [-0.3, -0.25) is 4.21 Å². The molecule has 0 heterocycles. The van der Waals surface area contributed by atoms with E-state index in [1.165, 1.54) is 0 Å². The molecule has 0 aliphatic rings. The standard InChI is InChI=1S/CH4O2S/c1-4(2)3/h1H3,(H,2,3)/p-1/i1+1. The molecule has 0 saturated heterocycles. The van der Waals surface area contributed by atoms with Crippen LogP contribution < -0.4 is 0 Å². The lowest BCUT2D eigenvalue weighted by Crippen LogP contribution is -1.73. The second-order valence-corrected chi connectivity index (χ2v) is 1.20. The van der Waals surface area contributed by atoms with E-state index in [-0.39, 0.29) is 0 Å². The maximum atomic E-state index is 9.00. The van der Waals surface area contributed by atoms with Crippen LogP contribution in [0.5, 0.6) is 0 Å². The van der Waals surface area contributed by atoms with Crippen LogP contribution in [0.25, 0.3) is 0 Å². The summed E-state index contributed by atoms with van der Waals surface area (Å²) in [6.45, 7) is 0. The van der Waals surface area contributed by atoms with E-state index in [0.29, 0.717) is 0 Å². The van der Waals surface area contributed by atoms with Crippen molar-refractivity contribution in [1.82, 2.24) is 0 Å². The Kier molecular flexibility index (Phi) is 1.47. The SMILES string of the molecule is [13CH3]S(=O)[O-]. The summed E-state index contributed by atoms with van der Waals surface area (Å²) in [7, 11) is 0. The van der Waals surface area contributed by atoms with Gasteiger partial charge in [0.15, 0.2) is 0 Å². The topological polar surface area (TPSA) is 40.1 Å². The maximum Gasteiger partial charge on any atom is -0.00142 e. The van der Waals surface area contributed by atoms with Crippen molar-refractivity contribution in [3.05, 3.63) is 0 Å². The molecule has 0 aliphatic heterocycles. The van der Waals surface area contributed by atoms with Crippen LogP contribution in [0.1, 0.15) is 0 Å². The van der Waals surface area contributed by atoms with Crippen LogP contribution in [0, 0.1) is 0 Å². The lowest BCUT2D eigenvalue weighted by Gasteiger charge is -1.85. The van der Waals surface area contributed by atoms with Crippen molar-refractivity contribution in [1.29, 1.82) is 0 Å². The Bertz CT molecular complexity index is 29.0. The summed E-state index contributed by atoms with van der Waals surface area (Å²) in [4.78, 5) is 0. The lowest BCUT2D eigenvalue weighted by atomic mass is 12.9. The van der Waals surface area contributed by atoms with Gasteiger partial charge in [0.05, 0.1) is 0 Å². The highest BCUT2D eigenvalue weighted by atomic mass is 32.2. The van der Waals surface area contributed by atoms with Crippen LogP contribution in [-0.2, 0) is 11.1 Å². The molecule has 0 saturated carbocycles. The zero-order valence-corrected chi connectivity index (χ0v) is 3.04. The molecular formula is CH3O2S-. The van der Waals surface area contributed by atoms with Crippen LogP contribution in [0.4, 0.5) is 0 Å². The van der Waals surface area contributed by atoms with E-state index >= 15 is 0 Å². The third-order valence-electron chi connectivity index (χ3n) is 0. The fourth-order valence-corrected chi connectivity index (χ4v) is 0. The predicted octanol–water partition coefficient (Wildman–Crippen LogP) is -0.505. The van der Waals surface area contributed by atoms with Gasteiger partial charge >= 0.3 is 0 Å². The molecule has 0 aliphatic carbocycles. The minimum absolute atomic E-state index is 1.08. The molecule has 1 atom stereocenters. The van der Waals surface area contributed by atoms with Gasteiger partial charge in [-0.05, 0) is 6.26 Å². The predicted molar refractivity (Wildman–Crippen MR) is 14.8 cm³/mol. The van der Waals surface area contributed by atoms with Gasteiger partial charge in [0, 0.05) is 0 Å². The summed E-state index contributed by atoms with van der Waals surface area (Å²) in [6.07, 6.45) is 1.08. The maximum absolute atomic E-state index is 9.00. The molecule has 4 heavy (non-hydrogen) atoms. The smallest absolute Gasteiger partial charge is 0.00142 e. The van der Waals surface area contributed by atoms with Gasteiger partial charge in [-0.2, -0.15) is 0 Å². The van der Waals surface area contributed by atoms with Crippen molar-refractivity contribution in [2.45, 2.75) is 0 Å². The quantitative estimate of drug-likeness (QED) is 0.290. The Morgan fingerprint density at radius 1 is 2.00 bits per heavy atom. The van der Waals surface area contributed by atoms with Gasteiger partial charge in [0.1, 0.15) is 0 Å². The van der Waals surface area contributed by atoms with E-state index in [2.05, 4.69) is 0 Å². The van der Waals surface area contributed by atoms with E-state index < -0.39 is 11.1 Å². The molecule has 2 nitrogen and oxygen atoms in total. The summed E-state index contributed by atoms with van der Waals surface area (Å²) in [5, 5.41) is 0. The third-order valence-corrected chi connectivity index (χ3v) is 0. The Morgan fingerprint density at radius 2 is 2.00 bits per heavy atom. The normalized spacial score (nSPS) is 15.5. The van der Waals surface area contributed by atoms with Crippen LogP contribution in [0.15, 0.2) is 0 Å². The molecule has 0 rings (SSSR count). The molecule has 0 aromatic heterocycles. The van der Waals surface area contributed by atoms with Gasteiger partial charge in [0.25, 0.3) is 0 Å². The highest BCUT2D eigenvalue weighted by Gasteiger charge is 1.41. The van der Waals surface area contributed by atoms with Crippen LogP contribution in [0.3, 0.4) is 0 Å². The Labute approximate surface area is 27.1 Å². The van der Waals surface area contributed by atoms with Crippen molar-refractivity contribution < 1.29 is 8.76 Å². The van der Waals surface area contributed by atoms with E-state index in [1.54, 1.807) is 0 Å².